The molecule has 0 aliphatic carbocycles. The van der Waals surface area contributed by atoms with Crippen molar-refractivity contribution >= 4 is 23.4 Å². The molecule has 0 radical (unpaired) electrons. The quantitative estimate of drug-likeness (QED) is 0.900. The van der Waals surface area contributed by atoms with Gasteiger partial charge in [-0.2, -0.15) is 0 Å². The van der Waals surface area contributed by atoms with Crippen LogP contribution < -0.4 is 10.6 Å². The number of aryl methyl sites for hydroxylation is 2. The molecule has 2 aromatic rings. The number of ether oxygens (including phenoxy) is 1. The van der Waals surface area contributed by atoms with Crippen molar-refractivity contribution in [2.24, 2.45) is 0 Å². The van der Waals surface area contributed by atoms with Crippen molar-refractivity contribution < 1.29 is 9.53 Å². The molecular formula is C15H18N4O2. The minimum Gasteiger partial charge on any atom is -0.450 e. The van der Waals surface area contributed by atoms with Crippen LogP contribution in [0.4, 0.5) is 22.1 Å². The molecular weight excluding hydrogens is 268 g/mol. The van der Waals surface area contributed by atoms with E-state index in [0.29, 0.717) is 18.2 Å². The van der Waals surface area contributed by atoms with Crippen LogP contribution in [0.15, 0.2) is 30.3 Å². The van der Waals surface area contributed by atoms with Crippen LogP contribution >= 0.6 is 0 Å². The van der Waals surface area contributed by atoms with Crippen LogP contribution in [0.1, 0.15) is 18.3 Å². The summed E-state index contributed by atoms with van der Waals surface area (Å²) in [5.41, 5.74) is 3.22. The summed E-state index contributed by atoms with van der Waals surface area (Å²) in [6.45, 7) is 5.92. The summed E-state index contributed by atoms with van der Waals surface area (Å²) in [5.74, 6) is 0.529. The van der Waals surface area contributed by atoms with Crippen LogP contribution in [0.25, 0.3) is 0 Å². The first kappa shape index (κ1) is 14.8. The van der Waals surface area contributed by atoms with E-state index in [0.717, 1.165) is 17.1 Å². The van der Waals surface area contributed by atoms with Crippen LogP contribution in [-0.4, -0.2) is 22.7 Å². The van der Waals surface area contributed by atoms with E-state index in [9.17, 15) is 4.79 Å². The van der Waals surface area contributed by atoms with Gasteiger partial charge >= 0.3 is 6.09 Å². The van der Waals surface area contributed by atoms with E-state index in [1.54, 1.807) is 19.1 Å². The summed E-state index contributed by atoms with van der Waals surface area (Å²) >= 11 is 0. The van der Waals surface area contributed by atoms with Crippen LogP contribution in [0.2, 0.25) is 0 Å². The first-order valence-electron chi connectivity index (χ1n) is 6.70. The topological polar surface area (TPSA) is 76.1 Å². The lowest BCUT2D eigenvalue weighted by atomic mass is 10.3. The van der Waals surface area contributed by atoms with E-state index in [4.69, 9.17) is 4.74 Å². The predicted octanol–water partition coefficient (Wildman–Crippen LogP) is 3.41. The number of nitrogens with one attached hydrogen (secondary N) is 2. The Balaban J connectivity index is 2.12. The molecule has 110 valence electrons. The summed E-state index contributed by atoms with van der Waals surface area (Å²) in [5, 5.41) is 5.77. The number of nitrogens with zero attached hydrogens (tertiary/aromatic N) is 2. The van der Waals surface area contributed by atoms with Gasteiger partial charge in [-0.1, -0.05) is 6.07 Å². The van der Waals surface area contributed by atoms with Gasteiger partial charge in [0.05, 0.1) is 6.61 Å². The van der Waals surface area contributed by atoms with Crippen molar-refractivity contribution in [1.82, 2.24) is 9.97 Å². The molecule has 0 saturated carbocycles. The molecule has 0 aliphatic rings. The van der Waals surface area contributed by atoms with Gasteiger partial charge < -0.3 is 10.1 Å². The molecule has 0 unspecified atom stereocenters. The number of anilines is 3. The standard InChI is InChI=1S/C15H18N4O2/c1-4-21-15(20)19-13-7-5-6-12(9-13)18-14-16-10(2)8-11(3)17-14/h5-9H,4H2,1-3H3,(H,19,20)(H,16,17,18). The highest BCUT2D eigenvalue weighted by molar-refractivity contribution is 5.85. The number of rotatable bonds is 4. The highest BCUT2D eigenvalue weighted by Gasteiger charge is 2.04. The molecule has 6 heteroatoms. The number of carbonyl (C=O) groups excluding carboxylic acids is 1. The summed E-state index contributed by atoms with van der Waals surface area (Å²) in [6.07, 6.45) is -0.475. The van der Waals surface area contributed by atoms with Crippen molar-refractivity contribution in [3.05, 3.63) is 41.7 Å². The molecule has 2 rings (SSSR count). The second-order valence-electron chi connectivity index (χ2n) is 4.53. The number of benzene rings is 1. The van der Waals surface area contributed by atoms with Gasteiger partial charge in [0.1, 0.15) is 0 Å². The zero-order valence-corrected chi connectivity index (χ0v) is 12.3. The maximum Gasteiger partial charge on any atom is 0.411 e. The van der Waals surface area contributed by atoms with E-state index in [1.165, 1.54) is 0 Å². The Morgan fingerprint density at radius 3 is 2.48 bits per heavy atom. The molecule has 1 aromatic heterocycles. The average molecular weight is 286 g/mol. The van der Waals surface area contributed by atoms with Gasteiger partial charge in [-0.3, -0.25) is 5.32 Å². The smallest absolute Gasteiger partial charge is 0.411 e. The average Bonchev–Trinajstić information content (AvgIpc) is 2.37. The Morgan fingerprint density at radius 2 is 1.81 bits per heavy atom. The largest absolute Gasteiger partial charge is 0.450 e. The second-order valence-corrected chi connectivity index (χ2v) is 4.53. The highest BCUT2D eigenvalue weighted by atomic mass is 16.5. The minimum absolute atomic E-state index is 0.334. The lowest BCUT2D eigenvalue weighted by Crippen LogP contribution is -2.13. The monoisotopic (exact) mass is 286 g/mol. The molecule has 0 saturated heterocycles. The number of hydrogen-bond acceptors (Lipinski definition) is 5. The summed E-state index contributed by atoms with van der Waals surface area (Å²) in [4.78, 5) is 20.0. The third-order valence-electron chi connectivity index (χ3n) is 2.62. The molecule has 1 amide bonds. The Bertz CT molecular complexity index is 623. The zero-order chi connectivity index (χ0) is 15.2. The maximum absolute atomic E-state index is 11.4. The van der Waals surface area contributed by atoms with E-state index in [2.05, 4.69) is 20.6 Å². The van der Waals surface area contributed by atoms with E-state index in [1.807, 2.05) is 32.0 Å². The first-order chi connectivity index (χ1) is 10.1. The fourth-order valence-corrected chi connectivity index (χ4v) is 1.87. The molecule has 0 atom stereocenters. The van der Waals surface area contributed by atoms with Gasteiger partial charge in [0.15, 0.2) is 0 Å². The van der Waals surface area contributed by atoms with Gasteiger partial charge in [-0.05, 0) is 45.0 Å². The SMILES string of the molecule is CCOC(=O)Nc1cccc(Nc2nc(C)cc(C)n2)c1. The Kier molecular flexibility index (Phi) is 4.71. The number of amides is 1. The highest BCUT2D eigenvalue weighted by Crippen LogP contribution is 2.18. The number of aromatic nitrogens is 2. The van der Waals surface area contributed by atoms with Crippen molar-refractivity contribution in [1.29, 1.82) is 0 Å². The number of carbonyl (C=O) groups is 1. The van der Waals surface area contributed by atoms with Crippen molar-refractivity contribution in [3.63, 3.8) is 0 Å². The van der Waals surface area contributed by atoms with Crippen molar-refractivity contribution in [2.75, 3.05) is 17.2 Å². The molecule has 0 fully saturated rings. The Morgan fingerprint density at radius 1 is 1.14 bits per heavy atom. The molecule has 1 heterocycles. The molecule has 6 nitrogen and oxygen atoms in total. The minimum atomic E-state index is -0.475. The molecule has 2 N–H and O–H groups in total. The summed E-state index contributed by atoms with van der Waals surface area (Å²) < 4.78 is 4.84. The van der Waals surface area contributed by atoms with E-state index < -0.39 is 6.09 Å². The van der Waals surface area contributed by atoms with Crippen LogP contribution in [-0.2, 0) is 4.74 Å². The van der Waals surface area contributed by atoms with Gasteiger partial charge in [-0.15, -0.1) is 0 Å². The Labute approximate surface area is 123 Å². The fraction of sp³-hybridized carbons (Fsp3) is 0.267. The second kappa shape index (κ2) is 6.69. The lowest BCUT2D eigenvalue weighted by Gasteiger charge is -2.09. The normalized spacial score (nSPS) is 10.0. The van der Waals surface area contributed by atoms with Gasteiger partial charge in [-0.25, -0.2) is 14.8 Å². The molecule has 0 spiro atoms. The van der Waals surface area contributed by atoms with Crippen molar-refractivity contribution in [3.8, 4) is 0 Å². The van der Waals surface area contributed by atoms with Crippen LogP contribution in [0.3, 0.4) is 0 Å². The van der Waals surface area contributed by atoms with Crippen LogP contribution in [0.5, 0.6) is 0 Å². The van der Waals surface area contributed by atoms with Crippen molar-refractivity contribution in [2.45, 2.75) is 20.8 Å². The third-order valence-corrected chi connectivity index (χ3v) is 2.62. The molecule has 0 bridgehead atoms. The van der Waals surface area contributed by atoms with E-state index in [-0.39, 0.29) is 0 Å². The van der Waals surface area contributed by atoms with E-state index >= 15 is 0 Å². The predicted molar refractivity (Wildman–Crippen MR) is 81.9 cm³/mol. The first-order valence-corrected chi connectivity index (χ1v) is 6.70. The van der Waals surface area contributed by atoms with Gasteiger partial charge in [0.25, 0.3) is 0 Å². The molecule has 21 heavy (non-hydrogen) atoms. The molecule has 1 aromatic carbocycles. The summed E-state index contributed by atoms with van der Waals surface area (Å²) in [6, 6.07) is 9.18. The third kappa shape index (κ3) is 4.45. The Hall–Kier alpha value is -2.63. The lowest BCUT2D eigenvalue weighted by molar-refractivity contribution is 0.168. The van der Waals surface area contributed by atoms with Crippen LogP contribution in [0, 0.1) is 13.8 Å². The molecule has 0 aliphatic heterocycles. The number of hydrogen-bond donors (Lipinski definition) is 2. The zero-order valence-electron chi connectivity index (χ0n) is 12.3. The summed E-state index contributed by atoms with van der Waals surface area (Å²) in [7, 11) is 0. The van der Waals surface area contributed by atoms with Gasteiger partial charge in [0, 0.05) is 22.8 Å². The fourth-order valence-electron chi connectivity index (χ4n) is 1.87. The van der Waals surface area contributed by atoms with Gasteiger partial charge in [0.2, 0.25) is 5.95 Å². The maximum atomic E-state index is 11.4.